The Bertz CT molecular complexity index is 1050. The topological polar surface area (TPSA) is 84.2 Å². The standard InChI is InChI=1S/C21H21N3O3/c1-24-17-7-3-2-6-14(17)10-15(20(24)26)13-23-19(25)16-11-21(27,12-16)18-8-4-5-9-22-18/h2-10,16,27H,11-13H2,1H3,(H,23,25). The lowest BCUT2D eigenvalue weighted by Crippen LogP contribution is -2.48. The first-order valence-electron chi connectivity index (χ1n) is 8.97. The van der Waals surface area contributed by atoms with Crippen molar-refractivity contribution in [3.8, 4) is 0 Å². The highest BCUT2D eigenvalue weighted by molar-refractivity contribution is 5.81. The van der Waals surface area contributed by atoms with Gasteiger partial charge in [0.15, 0.2) is 0 Å². The van der Waals surface area contributed by atoms with Crippen LogP contribution in [-0.4, -0.2) is 20.6 Å². The Kier molecular flexibility index (Phi) is 4.28. The lowest BCUT2D eigenvalue weighted by molar-refractivity contribution is -0.143. The fourth-order valence-electron chi connectivity index (χ4n) is 3.73. The van der Waals surface area contributed by atoms with Gasteiger partial charge in [0.2, 0.25) is 5.91 Å². The summed E-state index contributed by atoms with van der Waals surface area (Å²) in [7, 11) is 1.73. The smallest absolute Gasteiger partial charge is 0.255 e. The first-order valence-corrected chi connectivity index (χ1v) is 8.97. The minimum absolute atomic E-state index is 0.118. The van der Waals surface area contributed by atoms with Gasteiger partial charge in [-0.05, 0) is 42.5 Å². The van der Waals surface area contributed by atoms with Crippen molar-refractivity contribution in [2.45, 2.75) is 25.0 Å². The van der Waals surface area contributed by atoms with Crippen LogP contribution in [0.25, 0.3) is 10.9 Å². The SMILES string of the molecule is Cn1c(=O)c(CNC(=O)C2CC(O)(c3ccccn3)C2)cc2ccccc21. The van der Waals surface area contributed by atoms with Crippen LogP contribution in [0.4, 0.5) is 0 Å². The summed E-state index contributed by atoms with van der Waals surface area (Å²) < 4.78 is 1.60. The molecule has 2 aromatic heterocycles. The fourth-order valence-corrected chi connectivity index (χ4v) is 3.73. The molecular formula is C21H21N3O3. The number of rotatable bonds is 4. The second-order valence-corrected chi connectivity index (χ2v) is 7.16. The van der Waals surface area contributed by atoms with Gasteiger partial charge < -0.3 is 15.0 Å². The molecule has 4 rings (SSSR count). The molecule has 27 heavy (non-hydrogen) atoms. The van der Waals surface area contributed by atoms with Crippen molar-refractivity contribution in [3.63, 3.8) is 0 Å². The molecular weight excluding hydrogens is 342 g/mol. The van der Waals surface area contributed by atoms with E-state index in [4.69, 9.17) is 0 Å². The van der Waals surface area contributed by atoms with Crippen LogP contribution < -0.4 is 10.9 Å². The van der Waals surface area contributed by atoms with Crippen molar-refractivity contribution in [1.82, 2.24) is 14.9 Å². The number of aryl methyl sites for hydroxylation is 1. The van der Waals surface area contributed by atoms with Crippen LogP contribution in [0.5, 0.6) is 0 Å². The minimum Gasteiger partial charge on any atom is -0.384 e. The molecule has 2 N–H and O–H groups in total. The molecule has 0 unspecified atom stereocenters. The van der Waals surface area contributed by atoms with Crippen LogP contribution in [0.1, 0.15) is 24.1 Å². The largest absolute Gasteiger partial charge is 0.384 e. The van der Waals surface area contributed by atoms with Gasteiger partial charge in [-0.15, -0.1) is 0 Å². The Morgan fingerprint density at radius 2 is 2.00 bits per heavy atom. The first-order chi connectivity index (χ1) is 13.0. The van der Waals surface area contributed by atoms with Crippen molar-refractivity contribution in [3.05, 3.63) is 76.3 Å². The molecule has 0 atom stereocenters. The molecule has 1 aliphatic rings. The van der Waals surface area contributed by atoms with Gasteiger partial charge in [-0.2, -0.15) is 0 Å². The van der Waals surface area contributed by atoms with Crippen LogP contribution in [0.3, 0.4) is 0 Å². The fraction of sp³-hybridized carbons (Fsp3) is 0.286. The van der Waals surface area contributed by atoms with Gasteiger partial charge in [0.1, 0.15) is 5.60 Å². The molecule has 1 aliphatic carbocycles. The Morgan fingerprint density at radius 1 is 1.26 bits per heavy atom. The third-order valence-electron chi connectivity index (χ3n) is 5.34. The molecule has 0 radical (unpaired) electrons. The molecule has 1 amide bonds. The number of amides is 1. The number of fused-ring (bicyclic) bond motifs is 1. The monoisotopic (exact) mass is 363 g/mol. The number of carbonyl (C=O) groups excluding carboxylic acids is 1. The second kappa shape index (κ2) is 6.63. The quantitative estimate of drug-likeness (QED) is 0.741. The first kappa shape index (κ1) is 17.4. The Labute approximate surface area is 156 Å². The number of aromatic nitrogens is 2. The minimum atomic E-state index is -1.04. The Balaban J connectivity index is 1.43. The number of hydrogen-bond donors (Lipinski definition) is 2. The number of para-hydroxylation sites is 1. The van der Waals surface area contributed by atoms with Gasteiger partial charge in [0, 0.05) is 31.3 Å². The zero-order valence-electron chi connectivity index (χ0n) is 15.1. The number of nitrogens with zero attached hydrogens (tertiary/aromatic N) is 2. The van der Waals surface area contributed by atoms with Crippen LogP contribution in [0, 0.1) is 5.92 Å². The lowest BCUT2D eigenvalue weighted by atomic mass is 9.68. The van der Waals surface area contributed by atoms with E-state index in [1.54, 1.807) is 29.9 Å². The van der Waals surface area contributed by atoms with E-state index in [1.807, 2.05) is 36.4 Å². The summed E-state index contributed by atoms with van der Waals surface area (Å²) in [5.74, 6) is -0.424. The maximum Gasteiger partial charge on any atom is 0.255 e. The molecule has 6 heteroatoms. The summed E-state index contributed by atoms with van der Waals surface area (Å²) in [6.07, 6.45) is 2.31. The number of aliphatic hydroxyl groups is 1. The molecule has 1 fully saturated rings. The molecule has 0 spiro atoms. The van der Waals surface area contributed by atoms with Crippen LogP contribution in [-0.2, 0) is 24.0 Å². The average molecular weight is 363 g/mol. The molecule has 2 heterocycles. The van der Waals surface area contributed by atoms with Crippen LogP contribution in [0.2, 0.25) is 0 Å². The molecule has 6 nitrogen and oxygen atoms in total. The third kappa shape index (κ3) is 3.13. The van der Waals surface area contributed by atoms with Gasteiger partial charge in [-0.3, -0.25) is 14.6 Å². The van der Waals surface area contributed by atoms with E-state index in [0.29, 0.717) is 24.1 Å². The number of pyridine rings is 2. The van der Waals surface area contributed by atoms with E-state index in [9.17, 15) is 14.7 Å². The van der Waals surface area contributed by atoms with Crippen molar-refractivity contribution in [2.75, 3.05) is 0 Å². The number of carbonyl (C=O) groups is 1. The summed E-state index contributed by atoms with van der Waals surface area (Å²) in [5, 5.41) is 14.4. The highest BCUT2D eigenvalue weighted by atomic mass is 16.3. The maximum absolute atomic E-state index is 12.5. The van der Waals surface area contributed by atoms with E-state index in [0.717, 1.165) is 10.9 Å². The summed E-state index contributed by atoms with van der Waals surface area (Å²) in [5.41, 5.74) is 0.841. The van der Waals surface area contributed by atoms with Crippen molar-refractivity contribution in [2.24, 2.45) is 13.0 Å². The van der Waals surface area contributed by atoms with Crippen molar-refractivity contribution < 1.29 is 9.90 Å². The van der Waals surface area contributed by atoms with Gasteiger partial charge in [-0.25, -0.2) is 0 Å². The number of benzene rings is 1. The highest BCUT2D eigenvalue weighted by Gasteiger charge is 2.48. The molecule has 138 valence electrons. The van der Waals surface area contributed by atoms with Crippen molar-refractivity contribution >= 4 is 16.8 Å². The van der Waals surface area contributed by atoms with E-state index < -0.39 is 5.60 Å². The highest BCUT2D eigenvalue weighted by Crippen LogP contribution is 2.44. The predicted molar refractivity (Wildman–Crippen MR) is 102 cm³/mol. The number of nitrogens with one attached hydrogen (secondary N) is 1. The number of hydrogen-bond acceptors (Lipinski definition) is 4. The maximum atomic E-state index is 12.5. The second-order valence-electron chi connectivity index (χ2n) is 7.16. The summed E-state index contributed by atoms with van der Waals surface area (Å²) in [6, 6.07) is 14.9. The van der Waals surface area contributed by atoms with E-state index >= 15 is 0 Å². The van der Waals surface area contributed by atoms with E-state index in [1.165, 1.54) is 0 Å². The third-order valence-corrected chi connectivity index (χ3v) is 5.34. The molecule has 3 aromatic rings. The normalized spacial score (nSPS) is 21.6. The van der Waals surface area contributed by atoms with Crippen molar-refractivity contribution in [1.29, 1.82) is 0 Å². The van der Waals surface area contributed by atoms with E-state index in [2.05, 4.69) is 10.3 Å². The summed E-state index contributed by atoms with van der Waals surface area (Å²) in [4.78, 5) is 29.1. The van der Waals surface area contributed by atoms with E-state index in [-0.39, 0.29) is 23.9 Å². The predicted octanol–water partition coefficient (Wildman–Crippen LogP) is 1.85. The molecule has 0 aliphatic heterocycles. The molecule has 0 bridgehead atoms. The zero-order valence-corrected chi connectivity index (χ0v) is 15.1. The zero-order chi connectivity index (χ0) is 19.0. The molecule has 1 saturated carbocycles. The molecule has 0 saturated heterocycles. The molecule has 1 aromatic carbocycles. The Hall–Kier alpha value is -2.99. The lowest BCUT2D eigenvalue weighted by Gasteiger charge is -2.42. The van der Waals surface area contributed by atoms with Gasteiger partial charge >= 0.3 is 0 Å². The van der Waals surface area contributed by atoms with Gasteiger partial charge in [-0.1, -0.05) is 24.3 Å². The van der Waals surface area contributed by atoms with Gasteiger partial charge in [0.25, 0.3) is 5.56 Å². The average Bonchev–Trinajstić information content (AvgIpc) is 2.67. The summed E-state index contributed by atoms with van der Waals surface area (Å²) in [6.45, 7) is 0.175. The van der Waals surface area contributed by atoms with Crippen LogP contribution >= 0.6 is 0 Å². The van der Waals surface area contributed by atoms with Gasteiger partial charge in [0.05, 0.1) is 11.2 Å². The van der Waals surface area contributed by atoms with Crippen LogP contribution in [0.15, 0.2) is 59.5 Å². The Morgan fingerprint density at radius 3 is 2.74 bits per heavy atom. The summed E-state index contributed by atoms with van der Waals surface area (Å²) >= 11 is 0.